The first kappa shape index (κ1) is 38.5. The molecule has 0 bridgehead atoms. The normalized spacial score (nSPS) is 12.1. The zero-order valence-corrected chi connectivity index (χ0v) is 38.4. The van der Waals surface area contributed by atoms with Crippen LogP contribution in [0.1, 0.15) is 0 Å². The Morgan fingerprint density at radius 2 is 0.725 bits per heavy atom. The summed E-state index contributed by atoms with van der Waals surface area (Å²) in [7, 11) is 0. The van der Waals surface area contributed by atoms with Gasteiger partial charge in [-0.05, 0) is 103 Å². The molecule has 0 fully saturated rings. The zero-order valence-electron chi connectivity index (χ0n) is 36.8. The maximum Gasteiger partial charge on any atom is 0.167 e. The summed E-state index contributed by atoms with van der Waals surface area (Å²) in [6.45, 7) is 0. The first-order valence-electron chi connectivity index (χ1n) is 23.2. The molecule has 4 aromatic heterocycles. The molecule has 0 atom stereocenters. The molecule has 0 amide bonds. The number of furan rings is 1. The predicted molar refractivity (Wildman–Crippen MR) is 293 cm³/mol. The fraction of sp³-hybridized carbons (Fsp3) is 0. The zero-order chi connectivity index (χ0) is 45.2. The van der Waals surface area contributed by atoms with Crippen molar-refractivity contribution in [2.75, 3.05) is 0 Å². The summed E-state index contributed by atoms with van der Waals surface area (Å²) < 4.78 is 11.8. The lowest BCUT2D eigenvalue weighted by molar-refractivity contribution is 0.669. The number of thiophene rings is 2. The molecule has 15 aromatic rings. The van der Waals surface area contributed by atoms with Gasteiger partial charge in [0, 0.05) is 62.2 Å². The fourth-order valence-electron chi connectivity index (χ4n) is 10.8. The van der Waals surface area contributed by atoms with Crippen LogP contribution in [0.3, 0.4) is 0 Å². The molecule has 0 saturated heterocycles. The SMILES string of the molecule is c1ccc2c(c1)sc1cccc(-c3ccc4oc5c(-c6nc(-c7ccc(-c8ccc9c%10ccccc%10c%10ccccc%10c9c8)cc7)nc(-c7cccc8sc9ccccc9c78)n6)cccc5c4c3)c12. The number of rotatable bonds is 5. The van der Waals surface area contributed by atoms with Gasteiger partial charge in [0.1, 0.15) is 11.2 Å². The molecule has 6 heteroatoms. The molecule has 0 aliphatic rings. The molecule has 0 saturated carbocycles. The summed E-state index contributed by atoms with van der Waals surface area (Å²) in [4.78, 5) is 15.9. The topological polar surface area (TPSA) is 51.8 Å². The first-order chi connectivity index (χ1) is 34.2. The molecule has 0 radical (unpaired) electrons. The molecule has 15 rings (SSSR count). The molecule has 0 spiro atoms. The Balaban J connectivity index is 0.892. The Morgan fingerprint density at radius 1 is 0.275 bits per heavy atom. The van der Waals surface area contributed by atoms with Gasteiger partial charge in [0.05, 0.1) is 5.56 Å². The smallest absolute Gasteiger partial charge is 0.167 e. The van der Waals surface area contributed by atoms with Crippen LogP contribution < -0.4 is 0 Å². The van der Waals surface area contributed by atoms with E-state index in [1.165, 1.54) is 72.8 Å². The quantitative estimate of drug-likeness (QED) is 0.161. The summed E-state index contributed by atoms with van der Waals surface area (Å²) in [6.07, 6.45) is 0. The molecular formula is C63H35N3OS2. The Kier molecular flexibility index (Phi) is 8.37. The Hall–Kier alpha value is -8.55. The lowest BCUT2D eigenvalue weighted by atomic mass is 9.92. The van der Waals surface area contributed by atoms with Crippen molar-refractivity contribution in [2.24, 2.45) is 0 Å². The van der Waals surface area contributed by atoms with Crippen LogP contribution in [0.5, 0.6) is 0 Å². The monoisotopic (exact) mass is 913 g/mol. The van der Waals surface area contributed by atoms with Gasteiger partial charge in [0.15, 0.2) is 17.5 Å². The molecule has 11 aromatic carbocycles. The summed E-state index contributed by atoms with van der Waals surface area (Å²) >= 11 is 3.63. The second-order valence-corrected chi connectivity index (χ2v) is 20.0. The number of fused-ring (bicyclic) bond motifs is 15. The van der Waals surface area contributed by atoms with Gasteiger partial charge in [0.2, 0.25) is 0 Å². The predicted octanol–water partition coefficient (Wildman–Crippen LogP) is 18.3. The van der Waals surface area contributed by atoms with Crippen molar-refractivity contribution >= 4 is 117 Å². The van der Waals surface area contributed by atoms with Crippen molar-refractivity contribution in [3.05, 3.63) is 212 Å². The van der Waals surface area contributed by atoms with E-state index in [1.807, 2.05) is 11.3 Å². The van der Waals surface area contributed by atoms with Gasteiger partial charge < -0.3 is 4.42 Å². The summed E-state index contributed by atoms with van der Waals surface area (Å²) in [6, 6.07) is 76.2. The van der Waals surface area contributed by atoms with Crippen LogP contribution in [0.2, 0.25) is 0 Å². The number of nitrogens with zero attached hydrogens (tertiary/aromatic N) is 3. The van der Waals surface area contributed by atoms with Crippen molar-refractivity contribution in [2.45, 2.75) is 0 Å². The maximum atomic E-state index is 6.83. The largest absolute Gasteiger partial charge is 0.455 e. The third-order valence-corrected chi connectivity index (χ3v) is 16.2. The van der Waals surface area contributed by atoms with Gasteiger partial charge in [-0.25, -0.2) is 15.0 Å². The number of hydrogen-bond donors (Lipinski definition) is 0. The van der Waals surface area contributed by atoms with Crippen LogP contribution in [0.15, 0.2) is 217 Å². The minimum absolute atomic E-state index is 0.559. The van der Waals surface area contributed by atoms with Gasteiger partial charge >= 0.3 is 0 Å². The number of benzene rings is 11. The van der Waals surface area contributed by atoms with Crippen molar-refractivity contribution < 1.29 is 4.42 Å². The van der Waals surface area contributed by atoms with Crippen molar-refractivity contribution in [3.63, 3.8) is 0 Å². The van der Waals surface area contributed by atoms with Crippen molar-refractivity contribution in [1.82, 2.24) is 15.0 Å². The molecule has 0 aliphatic heterocycles. The van der Waals surface area contributed by atoms with E-state index < -0.39 is 0 Å². The average molecular weight is 914 g/mol. The molecule has 320 valence electrons. The molecule has 0 N–H and O–H groups in total. The van der Waals surface area contributed by atoms with Gasteiger partial charge in [0.25, 0.3) is 0 Å². The second kappa shape index (κ2) is 15.0. The molecular weight excluding hydrogens is 879 g/mol. The highest BCUT2D eigenvalue weighted by atomic mass is 32.1. The molecule has 69 heavy (non-hydrogen) atoms. The van der Waals surface area contributed by atoms with Crippen LogP contribution in [0.25, 0.3) is 151 Å². The van der Waals surface area contributed by atoms with Gasteiger partial charge in [-0.15, -0.1) is 22.7 Å². The van der Waals surface area contributed by atoms with Crippen molar-refractivity contribution in [3.8, 4) is 56.4 Å². The van der Waals surface area contributed by atoms with Crippen LogP contribution in [0.4, 0.5) is 0 Å². The average Bonchev–Trinajstić information content (AvgIpc) is 4.12. The highest BCUT2D eigenvalue weighted by Crippen LogP contribution is 2.44. The van der Waals surface area contributed by atoms with E-state index in [2.05, 4.69) is 212 Å². The Labute approximate surface area is 403 Å². The fourth-order valence-corrected chi connectivity index (χ4v) is 13.0. The van der Waals surface area contributed by atoms with E-state index in [-0.39, 0.29) is 0 Å². The summed E-state index contributed by atoms with van der Waals surface area (Å²) in [5, 5.41) is 14.6. The van der Waals surface area contributed by atoms with E-state index in [9.17, 15) is 0 Å². The van der Waals surface area contributed by atoms with Gasteiger partial charge in [-0.2, -0.15) is 0 Å². The molecule has 4 heterocycles. The first-order valence-corrected chi connectivity index (χ1v) is 24.8. The third-order valence-electron chi connectivity index (χ3n) is 14.0. The Bertz CT molecular complexity index is 4580. The van der Waals surface area contributed by atoms with E-state index in [4.69, 9.17) is 19.4 Å². The highest BCUT2D eigenvalue weighted by molar-refractivity contribution is 7.26. The van der Waals surface area contributed by atoms with Crippen LogP contribution in [-0.2, 0) is 0 Å². The van der Waals surface area contributed by atoms with E-state index >= 15 is 0 Å². The molecule has 0 aliphatic carbocycles. The summed E-state index contributed by atoms with van der Waals surface area (Å²) in [5.74, 6) is 1.78. The van der Waals surface area contributed by atoms with E-state index in [0.717, 1.165) is 60.7 Å². The maximum absolute atomic E-state index is 6.83. The Morgan fingerprint density at radius 3 is 1.41 bits per heavy atom. The van der Waals surface area contributed by atoms with Crippen molar-refractivity contribution in [1.29, 1.82) is 0 Å². The second-order valence-electron chi connectivity index (χ2n) is 17.8. The summed E-state index contributed by atoms with van der Waals surface area (Å²) in [5.41, 5.74) is 8.90. The van der Waals surface area contributed by atoms with Crippen LogP contribution in [-0.4, -0.2) is 15.0 Å². The number of para-hydroxylation sites is 1. The molecule has 0 unspecified atom stereocenters. The van der Waals surface area contributed by atoms with Gasteiger partial charge in [-0.1, -0.05) is 164 Å². The van der Waals surface area contributed by atoms with E-state index in [1.54, 1.807) is 11.3 Å². The minimum Gasteiger partial charge on any atom is -0.455 e. The van der Waals surface area contributed by atoms with Gasteiger partial charge in [-0.3, -0.25) is 0 Å². The lowest BCUT2D eigenvalue weighted by Gasteiger charge is -2.12. The number of aromatic nitrogens is 3. The van der Waals surface area contributed by atoms with E-state index in [0.29, 0.717) is 17.5 Å². The minimum atomic E-state index is 0.559. The van der Waals surface area contributed by atoms with Crippen LogP contribution >= 0.6 is 22.7 Å². The third kappa shape index (κ3) is 5.96. The lowest BCUT2D eigenvalue weighted by Crippen LogP contribution is -2.00. The number of hydrogen-bond acceptors (Lipinski definition) is 6. The standard InChI is InChI=1S/C63H35N3OS2/c1-2-14-43-41(12-1)42-13-3-4-15-44(42)51-34-38(30-32-45(43)51)36-26-28-37(29-27-36)61-64-62(49-20-11-25-57-59(49)48-17-6-8-23-55(48)69-57)66-63(65-61)50-21-9-19-46-52-35-39(31-33-53(52)67-60(46)50)40-18-10-24-56-58(40)47-16-5-7-22-54(47)68-56/h1-35H. The van der Waals surface area contributed by atoms with Crippen LogP contribution in [0, 0.1) is 0 Å². The highest BCUT2D eigenvalue weighted by Gasteiger charge is 2.21. The molecule has 4 nitrogen and oxygen atoms in total.